The van der Waals surface area contributed by atoms with Crippen LogP contribution in [0, 0.1) is 0 Å². The van der Waals surface area contributed by atoms with Crippen LogP contribution in [0.3, 0.4) is 0 Å². The molecular formula is C24H16Cl2. The standard InChI is InChI=1S/C24H16Cl2/c25-19-11-7-15-3-1-13-5-9-17(23(19)21(13)15)18-10-6-14-2-4-16-8-12-20(26)24(18)22(14)16/h5-12H,1-4H2. The van der Waals surface area contributed by atoms with Crippen molar-refractivity contribution >= 4 is 44.7 Å². The van der Waals surface area contributed by atoms with E-state index in [1.807, 2.05) is 0 Å². The molecular weight excluding hydrogens is 359 g/mol. The molecule has 2 aliphatic rings. The van der Waals surface area contributed by atoms with Gasteiger partial charge in [-0.25, -0.2) is 0 Å². The topological polar surface area (TPSA) is 0 Å². The Morgan fingerprint density at radius 3 is 1.15 bits per heavy atom. The molecule has 0 nitrogen and oxygen atoms in total. The van der Waals surface area contributed by atoms with E-state index in [0.29, 0.717) is 0 Å². The Labute approximate surface area is 162 Å². The lowest BCUT2D eigenvalue weighted by Crippen LogP contribution is -1.90. The predicted molar refractivity (Wildman–Crippen MR) is 112 cm³/mol. The molecule has 0 aliphatic heterocycles. The molecule has 0 aromatic heterocycles. The second-order valence-electron chi connectivity index (χ2n) is 7.46. The highest BCUT2D eigenvalue weighted by atomic mass is 35.5. The van der Waals surface area contributed by atoms with Gasteiger partial charge < -0.3 is 0 Å². The summed E-state index contributed by atoms with van der Waals surface area (Å²) in [7, 11) is 0. The number of hydrogen-bond acceptors (Lipinski definition) is 0. The highest BCUT2D eigenvalue weighted by molar-refractivity contribution is 6.39. The maximum atomic E-state index is 6.72. The average Bonchev–Trinajstić information content (AvgIpc) is 3.27. The molecule has 126 valence electrons. The molecule has 0 amide bonds. The van der Waals surface area contributed by atoms with Crippen LogP contribution in [0.5, 0.6) is 0 Å². The molecule has 26 heavy (non-hydrogen) atoms. The van der Waals surface area contributed by atoms with E-state index < -0.39 is 0 Å². The first-order valence-electron chi connectivity index (χ1n) is 9.18. The molecule has 4 aromatic rings. The minimum Gasteiger partial charge on any atom is -0.0836 e. The number of hydrogen-bond donors (Lipinski definition) is 0. The van der Waals surface area contributed by atoms with Gasteiger partial charge in [0.05, 0.1) is 0 Å². The fourth-order valence-electron chi connectivity index (χ4n) is 5.02. The monoisotopic (exact) mass is 374 g/mol. The summed E-state index contributed by atoms with van der Waals surface area (Å²) in [6.45, 7) is 0. The molecule has 4 aromatic carbocycles. The van der Waals surface area contributed by atoms with E-state index in [-0.39, 0.29) is 0 Å². The summed E-state index contributed by atoms with van der Waals surface area (Å²) >= 11 is 13.4. The van der Waals surface area contributed by atoms with E-state index in [4.69, 9.17) is 23.2 Å². The van der Waals surface area contributed by atoms with E-state index in [1.54, 1.807) is 0 Å². The van der Waals surface area contributed by atoms with Crippen molar-refractivity contribution in [3.8, 4) is 11.1 Å². The third-order valence-corrected chi connectivity index (χ3v) is 6.81. The number of halogens is 2. The first kappa shape index (κ1) is 15.1. The molecule has 0 fully saturated rings. The van der Waals surface area contributed by atoms with Crippen molar-refractivity contribution in [2.75, 3.05) is 0 Å². The van der Waals surface area contributed by atoms with Crippen molar-refractivity contribution in [3.05, 3.63) is 80.8 Å². The van der Waals surface area contributed by atoms with Crippen LogP contribution < -0.4 is 0 Å². The third-order valence-electron chi connectivity index (χ3n) is 6.18. The van der Waals surface area contributed by atoms with E-state index >= 15 is 0 Å². The maximum absolute atomic E-state index is 6.72. The van der Waals surface area contributed by atoms with Gasteiger partial charge in [-0.3, -0.25) is 0 Å². The van der Waals surface area contributed by atoms with Gasteiger partial charge in [-0.2, -0.15) is 0 Å². The summed E-state index contributed by atoms with van der Waals surface area (Å²) in [5.41, 5.74) is 8.07. The summed E-state index contributed by atoms with van der Waals surface area (Å²) in [4.78, 5) is 0. The van der Waals surface area contributed by atoms with Crippen LogP contribution in [0.25, 0.3) is 32.7 Å². The lowest BCUT2D eigenvalue weighted by Gasteiger charge is -2.15. The van der Waals surface area contributed by atoms with Gasteiger partial charge in [0.25, 0.3) is 0 Å². The van der Waals surface area contributed by atoms with Crippen molar-refractivity contribution in [2.45, 2.75) is 25.7 Å². The fraction of sp³-hybridized carbons (Fsp3) is 0.167. The molecule has 0 N–H and O–H groups in total. The molecule has 0 saturated carbocycles. The largest absolute Gasteiger partial charge is 0.0836 e. The van der Waals surface area contributed by atoms with Gasteiger partial charge in [0, 0.05) is 20.8 Å². The summed E-state index contributed by atoms with van der Waals surface area (Å²) in [6, 6.07) is 17.5. The third kappa shape index (κ3) is 1.87. The van der Waals surface area contributed by atoms with Crippen molar-refractivity contribution in [2.24, 2.45) is 0 Å². The molecule has 0 radical (unpaired) electrons. The molecule has 0 atom stereocenters. The van der Waals surface area contributed by atoms with Gasteiger partial charge in [0.2, 0.25) is 0 Å². The zero-order chi connectivity index (χ0) is 17.4. The zero-order valence-electron chi connectivity index (χ0n) is 14.2. The van der Waals surface area contributed by atoms with E-state index in [0.717, 1.165) is 35.7 Å². The van der Waals surface area contributed by atoms with Crippen LogP contribution >= 0.6 is 23.2 Å². The highest BCUT2D eigenvalue weighted by Crippen LogP contribution is 2.46. The van der Waals surface area contributed by atoms with Crippen molar-refractivity contribution in [3.63, 3.8) is 0 Å². The van der Waals surface area contributed by atoms with Crippen LogP contribution in [0.4, 0.5) is 0 Å². The van der Waals surface area contributed by atoms with Gasteiger partial charge in [0.1, 0.15) is 0 Å². The van der Waals surface area contributed by atoms with Gasteiger partial charge in [0.15, 0.2) is 0 Å². The predicted octanol–water partition coefficient (Wildman–Crippen LogP) is 7.16. The van der Waals surface area contributed by atoms with Crippen molar-refractivity contribution in [1.29, 1.82) is 0 Å². The number of aryl methyl sites for hydroxylation is 4. The van der Waals surface area contributed by atoms with Crippen LogP contribution in [0.15, 0.2) is 48.5 Å². The first-order chi connectivity index (χ1) is 12.7. The Bertz CT molecular complexity index is 1130. The lowest BCUT2D eigenvalue weighted by atomic mass is 9.90. The Morgan fingerprint density at radius 1 is 0.423 bits per heavy atom. The summed E-state index contributed by atoms with van der Waals surface area (Å²) in [6.07, 6.45) is 4.43. The van der Waals surface area contributed by atoms with E-state index in [9.17, 15) is 0 Å². The number of rotatable bonds is 1. The highest BCUT2D eigenvalue weighted by Gasteiger charge is 2.23. The van der Waals surface area contributed by atoms with E-state index in [2.05, 4.69) is 48.5 Å². The molecule has 0 unspecified atom stereocenters. The molecule has 0 heterocycles. The summed E-state index contributed by atoms with van der Waals surface area (Å²) in [5.74, 6) is 0. The minimum absolute atomic E-state index is 0.835. The maximum Gasteiger partial charge on any atom is 0.0490 e. The second-order valence-corrected chi connectivity index (χ2v) is 8.27. The van der Waals surface area contributed by atoms with Crippen LogP contribution in [0.2, 0.25) is 10.0 Å². The van der Waals surface area contributed by atoms with Crippen LogP contribution in [-0.2, 0) is 25.7 Å². The number of benzene rings is 4. The van der Waals surface area contributed by atoms with Gasteiger partial charge in [-0.1, -0.05) is 59.6 Å². The molecule has 6 rings (SSSR count). The van der Waals surface area contributed by atoms with Crippen molar-refractivity contribution < 1.29 is 0 Å². The summed E-state index contributed by atoms with van der Waals surface area (Å²) < 4.78 is 0. The van der Waals surface area contributed by atoms with Gasteiger partial charge >= 0.3 is 0 Å². The SMILES string of the molecule is Clc1ccc2c3c(ccc(-c4ccc5c6c(ccc(Cl)c46)CC5)c13)CC2. The Balaban J connectivity index is 1.80. The normalized spacial score (nSPS) is 14.7. The lowest BCUT2D eigenvalue weighted by molar-refractivity contribution is 1.02. The first-order valence-corrected chi connectivity index (χ1v) is 9.94. The Morgan fingerprint density at radius 2 is 0.769 bits per heavy atom. The molecule has 0 saturated heterocycles. The minimum atomic E-state index is 0.835. The Hall–Kier alpha value is -2.02. The second kappa shape index (κ2) is 5.25. The van der Waals surface area contributed by atoms with Gasteiger partial charge in [-0.15, -0.1) is 0 Å². The molecule has 0 bridgehead atoms. The average molecular weight is 375 g/mol. The van der Waals surface area contributed by atoms with Crippen molar-refractivity contribution in [1.82, 2.24) is 0 Å². The molecule has 0 spiro atoms. The van der Waals surface area contributed by atoms with E-state index in [1.165, 1.54) is 54.9 Å². The van der Waals surface area contributed by atoms with Crippen LogP contribution in [0.1, 0.15) is 22.3 Å². The smallest absolute Gasteiger partial charge is 0.0490 e. The fourth-order valence-corrected chi connectivity index (χ4v) is 5.54. The van der Waals surface area contributed by atoms with Gasteiger partial charge in [-0.05, 0) is 82.0 Å². The quantitative estimate of drug-likeness (QED) is 0.331. The molecule has 2 aliphatic carbocycles. The Kier molecular flexibility index (Phi) is 3.05. The summed E-state index contributed by atoms with van der Waals surface area (Å²) in [5, 5.41) is 6.76. The van der Waals surface area contributed by atoms with Crippen LogP contribution in [-0.4, -0.2) is 0 Å². The molecule has 2 heteroatoms. The zero-order valence-corrected chi connectivity index (χ0v) is 15.7.